The summed E-state index contributed by atoms with van der Waals surface area (Å²) in [4.78, 5) is 27.1. The van der Waals surface area contributed by atoms with Gasteiger partial charge in [-0.2, -0.15) is 0 Å². The van der Waals surface area contributed by atoms with Crippen molar-refractivity contribution < 1.29 is 9.59 Å². The Hall–Kier alpha value is -1.82. The molecule has 0 bridgehead atoms. The first-order valence-electron chi connectivity index (χ1n) is 8.64. The van der Waals surface area contributed by atoms with E-state index in [0.29, 0.717) is 26.1 Å². The summed E-state index contributed by atoms with van der Waals surface area (Å²) >= 11 is 1.63. The van der Waals surface area contributed by atoms with E-state index in [9.17, 15) is 9.59 Å². The van der Waals surface area contributed by atoms with Crippen molar-refractivity contribution in [1.29, 1.82) is 0 Å². The second-order valence-corrected chi connectivity index (χ2v) is 7.16. The van der Waals surface area contributed by atoms with Crippen molar-refractivity contribution in [3.63, 3.8) is 0 Å². The van der Waals surface area contributed by atoms with Gasteiger partial charge in [0.05, 0.1) is 6.54 Å². The number of thiophene rings is 1. The molecule has 1 aliphatic carbocycles. The van der Waals surface area contributed by atoms with Crippen LogP contribution in [0.25, 0.3) is 0 Å². The summed E-state index contributed by atoms with van der Waals surface area (Å²) in [5.41, 5.74) is 0. The molecule has 1 fully saturated rings. The zero-order chi connectivity index (χ0) is 17.2. The van der Waals surface area contributed by atoms with E-state index in [4.69, 9.17) is 0 Å². The van der Waals surface area contributed by atoms with Crippen molar-refractivity contribution in [2.45, 2.75) is 51.1 Å². The van der Waals surface area contributed by atoms with E-state index in [-0.39, 0.29) is 18.0 Å². The number of carbonyl (C=O) groups is 2. The van der Waals surface area contributed by atoms with Gasteiger partial charge < -0.3 is 15.5 Å². The highest BCUT2D eigenvalue weighted by Crippen LogP contribution is 2.17. The van der Waals surface area contributed by atoms with Crippen LogP contribution in [0.5, 0.6) is 0 Å². The van der Waals surface area contributed by atoms with Gasteiger partial charge in [-0.25, -0.2) is 4.79 Å². The molecule has 6 heteroatoms. The maximum atomic E-state index is 12.3. The van der Waals surface area contributed by atoms with Crippen LogP contribution in [0.15, 0.2) is 30.2 Å². The molecule has 1 aromatic rings. The number of urea groups is 1. The monoisotopic (exact) mass is 349 g/mol. The summed E-state index contributed by atoms with van der Waals surface area (Å²) < 4.78 is 0. The third-order valence-corrected chi connectivity index (χ3v) is 5.05. The first-order chi connectivity index (χ1) is 11.7. The van der Waals surface area contributed by atoms with Crippen molar-refractivity contribution in [2.75, 3.05) is 13.1 Å². The lowest BCUT2D eigenvalue weighted by Gasteiger charge is -2.23. The van der Waals surface area contributed by atoms with E-state index in [1.54, 1.807) is 22.3 Å². The normalized spacial score (nSPS) is 14.8. The molecular formula is C18H27N3O2S. The SMILES string of the molecule is C=CCN(Cc1cccs1)C(=O)CCNC(=O)NC1CCCCC1. The highest BCUT2D eigenvalue weighted by molar-refractivity contribution is 7.09. The Bertz CT molecular complexity index is 524. The molecule has 0 atom stereocenters. The van der Waals surface area contributed by atoms with Crippen molar-refractivity contribution in [1.82, 2.24) is 15.5 Å². The van der Waals surface area contributed by atoms with Crippen LogP contribution >= 0.6 is 11.3 Å². The van der Waals surface area contributed by atoms with Gasteiger partial charge in [0.1, 0.15) is 0 Å². The fourth-order valence-electron chi connectivity index (χ4n) is 2.93. The van der Waals surface area contributed by atoms with Gasteiger partial charge in [0.2, 0.25) is 5.91 Å². The van der Waals surface area contributed by atoms with Gasteiger partial charge in [0.25, 0.3) is 0 Å². The van der Waals surface area contributed by atoms with Crippen LogP contribution in [-0.2, 0) is 11.3 Å². The predicted octanol–water partition coefficient (Wildman–Crippen LogP) is 3.28. The van der Waals surface area contributed by atoms with Crippen LogP contribution in [0.2, 0.25) is 0 Å². The zero-order valence-electron chi connectivity index (χ0n) is 14.1. The smallest absolute Gasteiger partial charge is 0.315 e. The molecule has 0 aromatic carbocycles. The Morgan fingerprint density at radius 3 is 2.79 bits per heavy atom. The largest absolute Gasteiger partial charge is 0.338 e. The minimum absolute atomic E-state index is 0.0290. The van der Waals surface area contributed by atoms with Gasteiger partial charge in [-0.1, -0.05) is 31.4 Å². The van der Waals surface area contributed by atoms with Crippen molar-refractivity contribution in [3.8, 4) is 0 Å². The van der Waals surface area contributed by atoms with Gasteiger partial charge in [0, 0.05) is 30.4 Å². The summed E-state index contributed by atoms with van der Waals surface area (Å²) in [6.45, 7) is 5.18. The Kier molecular flexibility index (Phi) is 7.82. The molecule has 132 valence electrons. The molecule has 0 saturated heterocycles. The van der Waals surface area contributed by atoms with E-state index in [1.807, 2.05) is 17.5 Å². The molecule has 1 saturated carbocycles. The second-order valence-electron chi connectivity index (χ2n) is 6.13. The number of nitrogens with one attached hydrogen (secondary N) is 2. The number of carbonyl (C=O) groups excluding carboxylic acids is 2. The highest BCUT2D eigenvalue weighted by atomic mass is 32.1. The fourth-order valence-corrected chi connectivity index (χ4v) is 3.64. The number of rotatable bonds is 8. The predicted molar refractivity (Wildman–Crippen MR) is 98.0 cm³/mol. The van der Waals surface area contributed by atoms with Gasteiger partial charge in [-0.3, -0.25) is 4.79 Å². The molecule has 3 amide bonds. The average molecular weight is 350 g/mol. The summed E-state index contributed by atoms with van der Waals surface area (Å²) in [6.07, 6.45) is 7.77. The molecule has 1 heterocycles. The third-order valence-electron chi connectivity index (χ3n) is 4.19. The van der Waals surface area contributed by atoms with Crippen molar-refractivity contribution in [3.05, 3.63) is 35.0 Å². The molecule has 1 aliphatic rings. The van der Waals surface area contributed by atoms with E-state index in [2.05, 4.69) is 17.2 Å². The van der Waals surface area contributed by atoms with Crippen molar-refractivity contribution in [2.24, 2.45) is 0 Å². The fraction of sp³-hybridized carbons (Fsp3) is 0.556. The summed E-state index contributed by atoms with van der Waals surface area (Å²) in [5.74, 6) is 0.0290. The Labute approximate surface area is 148 Å². The van der Waals surface area contributed by atoms with Crippen LogP contribution in [0, 0.1) is 0 Å². The molecular weight excluding hydrogens is 322 g/mol. The summed E-state index contributed by atoms with van der Waals surface area (Å²) in [6, 6.07) is 4.12. The second kappa shape index (κ2) is 10.1. The van der Waals surface area contributed by atoms with E-state index in [0.717, 1.165) is 17.7 Å². The van der Waals surface area contributed by atoms with Gasteiger partial charge in [-0.15, -0.1) is 17.9 Å². The maximum Gasteiger partial charge on any atom is 0.315 e. The van der Waals surface area contributed by atoms with Crippen LogP contribution in [0.4, 0.5) is 4.79 Å². The zero-order valence-corrected chi connectivity index (χ0v) is 14.9. The summed E-state index contributed by atoms with van der Waals surface area (Å²) in [5, 5.41) is 7.79. The lowest BCUT2D eigenvalue weighted by atomic mass is 9.96. The maximum absolute atomic E-state index is 12.3. The van der Waals surface area contributed by atoms with Crippen LogP contribution in [0.1, 0.15) is 43.4 Å². The van der Waals surface area contributed by atoms with Gasteiger partial charge in [0.15, 0.2) is 0 Å². The van der Waals surface area contributed by atoms with E-state index in [1.165, 1.54) is 19.3 Å². The lowest BCUT2D eigenvalue weighted by Crippen LogP contribution is -2.44. The Morgan fingerprint density at radius 2 is 2.12 bits per heavy atom. The first kappa shape index (κ1) is 18.5. The summed E-state index contributed by atoms with van der Waals surface area (Å²) in [7, 11) is 0. The number of hydrogen-bond acceptors (Lipinski definition) is 3. The quantitative estimate of drug-likeness (QED) is 0.708. The molecule has 1 aromatic heterocycles. The van der Waals surface area contributed by atoms with Crippen LogP contribution in [-0.4, -0.2) is 36.0 Å². The molecule has 0 radical (unpaired) electrons. The molecule has 24 heavy (non-hydrogen) atoms. The molecule has 5 nitrogen and oxygen atoms in total. The minimum Gasteiger partial charge on any atom is -0.338 e. The molecule has 0 spiro atoms. The van der Waals surface area contributed by atoms with Crippen molar-refractivity contribution >= 4 is 23.3 Å². The number of nitrogens with zero attached hydrogens (tertiary/aromatic N) is 1. The Balaban J connectivity index is 1.69. The Morgan fingerprint density at radius 1 is 1.33 bits per heavy atom. The molecule has 2 rings (SSSR count). The topological polar surface area (TPSA) is 61.4 Å². The minimum atomic E-state index is -0.164. The highest BCUT2D eigenvalue weighted by Gasteiger charge is 2.16. The van der Waals surface area contributed by atoms with Crippen LogP contribution < -0.4 is 10.6 Å². The number of hydrogen-bond donors (Lipinski definition) is 2. The molecule has 0 aliphatic heterocycles. The van der Waals surface area contributed by atoms with E-state index < -0.39 is 0 Å². The average Bonchev–Trinajstić information content (AvgIpc) is 3.08. The molecule has 2 N–H and O–H groups in total. The van der Waals surface area contributed by atoms with Gasteiger partial charge >= 0.3 is 6.03 Å². The van der Waals surface area contributed by atoms with Crippen LogP contribution in [0.3, 0.4) is 0 Å². The standard InChI is InChI=1S/C18H27N3O2S/c1-2-12-21(14-16-9-6-13-24-16)17(22)10-11-19-18(23)20-15-7-4-3-5-8-15/h2,6,9,13,15H,1,3-5,7-8,10-12,14H2,(H2,19,20,23). The van der Waals surface area contributed by atoms with Gasteiger partial charge in [-0.05, 0) is 24.3 Å². The van der Waals surface area contributed by atoms with E-state index >= 15 is 0 Å². The first-order valence-corrected chi connectivity index (χ1v) is 9.52. The third kappa shape index (κ3) is 6.35. The number of amides is 3. The molecule has 0 unspecified atom stereocenters. The lowest BCUT2D eigenvalue weighted by molar-refractivity contribution is -0.131.